The molecule has 3 aromatic rings. The van der Waals surface area contributed by atoms with Crippen molar-refractivity contribution in [1.82, 2.24) is 14.3 Å². The maximum atomic E-state index is 13.6. The van der Waals surface area contributed by atoms with E-state index >= 15 is 0 Å². The number of aromatic nitrogens is 2. The van der Waals surface area contributed by atoms with E-state index in [4.69, 9.17) is 28.6 Å². The molecule has 9 heteroatoms. The van der Waals surface area contributed by atoms with Crippen LogP contribution in [0.15, 0.2) is 46.2 Å². The largest absolute Gasteiger partial charge is 0.438 e. The van der Waals surface area contributed by atoms with E-state index < -0.39 is 0 Å². The molecule has 1 fully saturated rings. The standard InChI is InChI=1S/C28H30ClN3O3S2/c1-5-7-10-19(6-2)16-32-27(34)23(37-28(32)36)15-21-25(35-20-11-12-22(29)18(4)14-20)30-24-17(3)9-8-13-31(24)26(21)33/h8-9,11-15,19H,5-7,10,16H2,1-4H3/b23-15+. The summed E-state index contributed by atoms with van der Waals surface area (Å²) in [6.45, 7) is 8.64. The highest BCUT2D eigenvalue weighted by atomic mass is 35.5. The third-order valence-corrected chi connectivity index (χ3v) is 8.33. The van der Waals surface area contributed by atoms with Gasteiger partial charge in [0.1, 0.15) is 21.3 Å². The number of ether oxygens (including phenoxy) is 1. The molecule has 6 nitrogen and oxygen atoms in total. The molecule has 1 atom stereocenters. The zero-order chi connectivity index (χ0) is 26.7. The van der Waals surface area contributed by atoms with Crippen molar-refractivity contribution < 1.29 is 9.53 Å². The molecule has 0 spiro atoms. The van der Waals surface area contributed by atoms with Gasteiger partial charge in [0.2, 0.25) is 5.88 Å². The van der Waals surface area contributed by atoms with Gasteiger partial charge in [-0.1, -0.05) is 74.8 Å². The average molecular weight is 556 g/mol. The first-order valence-electron chi connectivity index (χ1n) is 12.4. The molecular weight excluding hydrogens is 526 g/mol. The van der Waals surface area contributed by atoms with E-state index in [1.165, 1.54) is 16.2 Å². The van der Waals surface area contributed by atoms with Crippen LogP contribution in [-0.2, 0) is 4.79 Å². The summed E-state index contributed by atoms with van der Waals surface area (Å²) in [5, 5.41) is 0.614. The Kier molecular flexibility index (Phi) is 8.72. The Morgan fingerprint density at radius 1 is 1.19 bits per heavy atom. The highest BCUT2D eigenvalue weighted by molar-refractivity contribution is 8.26. The van der Waals surface area contributed by atoms with Gasteiger partial charge in [-0.25, -0.2) is 0 Å². The Labute approximate surface area is 231 Å². The fourth-order valence-electron chi connectivity index (χ4n) is 4.25. The van der Waals surface area contributed by atoms with Gasteiger partial charge in [0.05, 0.1) is 4.91 Å². The van der Waals surface area contributed by atoms with Crippen molar-refractivity contribution in [1.29, 1.82) is 0 Å². The fraction of sp³-hybridized carbons (Fsp3) is 0.357. The number of rotatable bonds is 9. The van der Waals surface area contributed by atoms with Crippen molar-refractivity contribution in [3.63, 3.8) is 0 Å². The van der Waals surface area contributed by atoms with Crippen LogP contribution in [0, 0.1) is 19.8 Å². The molecule has 1 amide bonds. The second-order valence-electron chi connectivity index (χ2n) is 9.24. The van der Waals surface area contributed by atoms with Crippen molar-refractivity contribution in [3.05, 3.63) is 73.5 Å². The lowest BCUT2D eigenvalue weighted by atomic mass is 9.99. The zero-order valence-corrected chi connectivity index (χ0v) is 23.8. The van der Waals surface area contributed by atoms with Crippen molar-refractivity contribution in [3.8, 4) is 11.6 Å². The minimum absolute atomic E-state index is 0.126. The lowest BCUT2D eigenvalue weighted by molar-refractivity contribution is -0.122. The van der Waals surface area contributed by atoms with Crippen LogP contribution in [-0.4, -0.2) is 31.1 Å². The Morgan fingerprint density at radius 2 is 1.97 bits per heavy atom. The molecule has 1 unspecified atom stereocenters. The SMILES string of the molecule is CCCCC(CC)CN1C(=O)/C(=C\c2c(Oc3ccc(Cl)c(C)c3)nc3c(C)cccn3c2=O)SC1=S. The average Bonchev–Trinajstić information content (AvgIpc) is 3.14. The zero-order valence-electron chi connectivity index (χ0n) is 21.4. The van der Waals surface area contributed by atoms with Crippen molar-refractivity contribution >= 4 is 57.5 Å². The maximum Gasteiger partial charge on any atom is 0.269 e. The molecule has 1 aliphatic rings. The summed E-state index contributed by atoms with van der Waals surface area (Å²) in [7, 11) is 0. The molecular formula is C28H30ClN3O3S2. The van der Waals surface area contributed by atoms with E-state index in [1.54, 1.807) is 41.4 Å². The van der Waals surface area contributed by atoms with E-state index in [0.717, 1.165) is 36.8 Å². The summed E-state index contributed by atoms with van der Waals surface area (Å²) in [5.74, 6) is 0.813. The molecule has 0 N–H and O–H groups in total. The van der Waals surface area contributed by atoms with E-state index in [1.807, 2.05) is 19.9 Å². The van der Waals surface area contributed by atoms with Crippen molar-refractivity contribution in [2.24, 2.45) is 5.92 Å². The first-order chi connectivity index (χ1) is 17.7. The third-order valence-electron chi connectivity index (χ3n) is 6.53. The van der Waals surface area contributed by atoms with Gasteiger partial charge in [-0.15, -0.1) is 0 Å². The van der Waals surface area contributed by atoms with E-state index in [-0.39, 0.29) is 22.9 Å². The summed E-state index contributed by atoms with van der Waals surface area (Å²) in [5.41, 5.74) is 2.01. The molecule has 1 aliphatic heterocycles. The number of unbranched alkanes of at least 4 members (excludes halogenated alkanes) is 1. The predicted molar refractivity (Wildman–Crippen MR) is 156 cm³/mol. The number of hydrogen-bond donors (Lipinski definition) is 0. The van der Waals surface area contributed by atoms with Gasteiger partial charge in [-0.2, -0.15) is 4.98 Å². The summed E-state index contributed by atoms with van der Waals surface area (Å²) in [6, 6.07) is 8.92. The molecule has 1 aromatic carbocycles. The lowest BCUT2D eigenvalue weighted by Crippen LogP contribution is -2.33. The number of pyridine rings is 1. The van der Waals surface area contributed by atoms with Crippen LogP contribution in [0.5, 0.6) is 11.6 Å². The smallest absolute Gasteiger partial charge is 0.269 e. The first kappa shape index (κ1) is 27.4. The fourth-order valence-corrected chi connectivity index (χ4v) is 5.62. The van der Waals surface area contributed by atoms with Crippen LogP contribution < -0.4 is 10.3 Å². The Bertz CT molecular complexity index is 1450. The number of aryl methyl sites for hydroxylation is 2. The number of nitrogens with zero attached hydrogens (tertiary/aromatic N) is 3. The molecule has 2 aromatic heterocycles. The quantitative estimate of drug-likeness (QED) is 0.206. The van der Waals surface area contributed by atoms with Crippen LogP contribution in [0.1, 0.15) is 56.2 Å². The highest BCUT2D eigenvalue weighted by Crippen LogP contribution is 2.35. The van der Waals surface area contributed by atoms with E-state index in [9.17, 15) is 9.59 Å². The van der Waals surface area contributed by atoms with Crippen molar-refractivity contribution in [2.75, 3.05) is 6.54 Å². The monoisotopic (exact) mass is 555 g/mol. The van der Waals surface area contributed by atoms with E-state index in [2.05, 4.69) is 18.8 Å². The second-order valence-corrected chi connectivity index (χ2v) is 11.3. The first-order valence-corrected chi connectivity index (χ1v) is 14.0. The number of hydrogen-bond acceptors (Lipinski definition) is 6. The molecule has 4 rings (SSSR count). The summed E-state index contributed by atoms with van der Waals surface area (Å²) >= 11 is 13.0. The molecule has 1 saturated heterocycles. The van der Waals surface area contributed by atoms with Crippen LogP contribution in [0.2, 0.25) is 5.02 Å². The van der Waals surface area contributed by atoms with Gasteiger partial charge >= 0.3 is 0 Å². The summed E-state index contributed by atoms with van der Waals surface area (Å²) in [4.78, 5) is 33.7. The Balaban J connectivity index is 1.76. The van der Waals surface area contributed by atoms with Crippen LogP contribution >= 0.6 is 35.6 Å². The molecule has 3 heterocycles. The number of thiocarbonyl (C=S) groups is 1. The third kappa shape index (κ3) is 5.92. The lowest BCUT2D eigenvalue weighted by Gasteiger charge is -2.21. The minimum Gasteiger partial charge on any atom is -0.438 e. The maximum absolute atomic E-state index is 13.6. The molecule has 0 aliphatic carbocycles. The van der Waals surface area contributed by atoms with Gasteiger partial charge in [-0.05, 0) is 67.7 Å². The van der Waals surface area contributed by atoms with Gasteiger partial charge in [0.25, 0.3) is 11.5 Å². The number of carbonyl (C=O) groups excluding carboxylic acids is 1. The van der Waals surface area contributed by atoms with Crippen LogP contribution in [0.3, 0.4) is 0 Å². The highest BCUT2D eigenvalue weighted by Gasteiger charge is 2.34. The molecule has 37 heavy (non-hydrogen) atoms. The molecule has 0 saturated carbocycles. The van der Waals surface area contributed by atoms with Gasteiger partial charge in [-0.3, -0.25) is 18.9 Å². The molecule has 194 valence electrons. The second kappa shape index (κ2) is 11.8. The molecule has 0 bridgehead atoms. The number of carbonyl (C=O) groups is 1. The number of amides is 1. The van der Waals surface area contributed by atoms with E-state index in [0.29, 0.717) is 38.1 Å². The topological polar surface area (TPSA) is 63.9 Å². The summed E-state index contributed by atoms with van der Waals surface area (Å²) in [6.07, 6.45) is 7.49. The number of benzene rings is 1. The van der Waals surface area contributed by atoms with Crippen LogP contribution in [0.25, 0.3) is 11.7 Å². The van der Waals surface area contributed by atoms with Crippen molar-refractivity contribution in [2.45, 2.75) is 53.4 Å². The Hall–Kier alpha value is -2.68. The predicted octanol–water partition coefficient (Wildman–Crippen LogP) is 7.17. The van der Waals surface area contributed by atoms with Gasteiger partial charge in [0, 0.05) is 17.8 Å². The normalized spacial score (nSPS) is 15.7. The van der Waals surface area contributed by atoms with Crippen LogP contribution in [0.4, 0.5) is 0 Å². The number of fused-ring (bicyclic) bond motifs is 1. The number of thioether (sulfide) groups is 1. The van der Waals surface area contributed by atoms with Gasteiger partial charge < -0.3 is 4.74 Å². The minimum atomic E-state index is -0.325. The number of halogens is 1. The molecule has 0 radical (unpaired) electrons. The summed E-state index contributed by atoms with van der Waals surface area (Å²) < 4.78 is 8.10. The Morgan fingerprint density at radius 3 is 2.68 bits per heavy atom. The van der Waals surface area contributed by atoms with Gasteiger partial charge in [0.15, 0.2) is 0 Å².